The van der Waals surface area contributed by atoms with E-state index in [9.17, 15) is 31.9 Å². The highest BCUT2D eigenvalue weighted by Crippen LogP contribution is 2.44. The van der Waals surface area contributed by atoms with Crippen LogP contribution in [0.25, 0.3) is 11.1 Å². The summed E-state index contributed by atoms with van der Waals surface area (Å²) >= 11 is 0. The van der Waals surface area contributed by atoms with Crippen LogP contribution < -0.4 is 5.32 Å². The Kier molecular flexibility index (Phi) is 6.68. The average Bonchev–Trinajstić information content (AvgIpc) is 3.30. The lowest BCUT2D eigenvalue weighted by atomic mass is 9.98. The topological polar surface area (TPSA) is 95.9 Å². The Balaban J connectivity index is 1.44. The fourth-order valence-electron chi connectivity index (χ4n) is 4.61. The molecule has 2 aromatic rings. The van der Waals surface area contributed by atoms with Gasteiger partial charge in [0, 0.05) is 18.9 Å². The first-order valence-corrected chi connectivity index (χ1v) is 10.9. The van der Waals surface area contributed by atoms with Crippen molar-refractivity contribution >= 4 is 18.0 Å². The summed E-state index contributed by atoms with van der Waals surface area (Å²) in [6.07, 6.45) is -5.33. The number of ether oxygens (including phenoxy) is 1. The minimum atomic E-state index is -3.72. The van der Waals surface area contributed by atoms with Gasteiger partial charge in [0.15, 0.2) is 0 Å². The standard InChI is InChI=1S/C24H22F4N2O5/c25-20(26)9-19(21(31)30-10-18(22(32)33)24(27,28)12-30)29-23(34)35-11-17-15-7-3-1-5-13(15)14-6-2-4-8-16(14)17/h1-8,17-20H,9-12H2,(H,29,34)(H,32,33). The average molecular weight is 494 g/mol. The van der Waals surface area contributed by atoms with Gasteiger partial charge in [-0.15, -0.1) is 0 Å². The van der Waals surface area contributed by atoms with Crippen LogP contribution in [0.1, 0.15) is 23.5 Å². The molecule has 1 aliphatic heterocycles. The number of hydrogen-bond acceptors (Lipinski definition) is 4. The molecule has 0 radical (unpaired) electrons. The summed E-state index contributed by atoms with van der Waals surface area (Å²) in [5, 5.41) is 11.0. The van der Waals surface area contributed by atoms with Crippen molar-refractivity contribution in [2.75, 3.05) is 19.7 Å². The van der Waals surface area contributed by atoms with E-state index in [1.54, 1.807) is 0 Å². The van der Waals surface area contributed by atoms with Crippen LogP contribution in [-0.2, 0) is 14.3 Å². The van der Waals surface area contributed by atoms with Crippen molar-refractivity contribution in [2.45, 2.75) is 30.7 Å². The van der Waals surface area contributed by atoms with E-state index in [2.05, 4.69) is 0 Å². The number of benzene rings is 2. The Morgan fingerprint density at radius 3 is 2.14 bits per heavy atom. The van der Waals surface area contributed by atoms with Crippen molar-refractivity contribution in [1.29, 1.82) is 0 Å². The first-order chi connectivity index (χ1) is 16.6. The van der Waals surface area contributed by atoms with Crippen LogP contribution in [0.3, 0.4) is 0 Å². The highest BCUT2D eigenvalue weighted by molar-refractivity contribution is 5.87. The van der Waals surface area contributed by atoms with Gasteiger partial charge in [0.1, 0.15) is 18.6 Å². The number of carbonyl (C=O) groups excluding carboxylic acids is 2. The summed E-state index contributed by atoms with van der Waals surface area (Å²) in [4.78, 5) is 36.7. The summed E-state index contributed by atoms with van der Waals surface area (Å²) in [5.74, 6) is -9.22. The molecule has 1 aliphatic carbocycles. The number of halogens is 4. The Hall–Kier alpha value is -3.63. The predicted octanol–water partition coefficient (Wildman–Crippen LogP) is 3.73. The van der Waals surface area contributed by atoms with Crippen molar-refractivity contribution in [3.05, 3.63) is 59.7 Å². The molecule has 7 nitrogen and oxygen atoms in total. The number of fused-ring (bicyclic) bond motifs is 3. The summed E-state index contributed by atoms with van der Waals surface area (Å²) < 4.78 is 59.4. The molecule has 2 amide bonds. The summed E-state index contributed by atoms with van der Waals surface area (Å²) in [6.45, 7) is -2.24. The molecule has 1 heterocycles. The van der Waals surface area contributed by atoms with E-state index in [1.807, 2.05) is 53.8 Å². The molecule has 2 N–H and O–H groups in total. The maximum Gasteiger partial charge on any atom is 0.407 e. The SMILES string of the molecule is O=C(NC(CC(F)F)C(=O)N1CC(C(=O)O)C(F)(F)C1)OCC1c2ccccc2-c2ccccc21. The maximum atomic E-state index is 14.0. The summed E-state index contributed by atoms with van der Waals surface area (Å²) in [6, 6.07) is 13.2. The zero-order valence-electron chi connectivity index (χ0n) is 18.3. The number of carboxylic acid groups (broad SMARTS) is 1. The molecule has 35 heavy (non-hydrogen) atoms. The molecule has 2 atom stereocenters. The van der Waals surface area contributed by atoms with Crippen LogP contribution in [0.2, 0.25) is 0 Å². The number of carboxylic acids is 1. The number of nitrogens with zero attached hydrogens (tertiary/aromatic N) is 1. The highest BCUT2D eigenvalue weighted by atomic mass is 19.3. The first-order valence-electron chi connectivity index (χ1n) is 10.9. The zero-order chi connectivity index (χ0) is 25.3. The summed E-state index contributed by atoms with van der Waals surface area (Å²) in [5.41, 5.74) is 3.79. The Morgan fingerprint density at radius 2 is 1.63 bits per heavy atom. The van der Waals surface area contributed by atoms with Gasteiger partial charge in [0.25, 0.3) is 5.92 Å². The molecule has 186 valence electrons. The van der Waals surface area contributed by atoms with E-state index in [-0.39, 0.29) is 12.5 Å². The van der Waals surface area contributed by atoms with Crippen LogP contribution in [0, 0.1) is 5.92 Å². The van der Waals surface area contributed by atoms with Gasteiger partial charge in [-0.3, -0.25) is 9.59 Å². The van der Waals surface area contributed by atoms with Gasteiger partial charge < -0.3 is 20.1 Å². The number of carbonyl (C=O) groups is 3. The normalized spacial score (nSPS) is 19.2. The summed E-state index contributed by atoms with van der Waals surface area (Å²) in [7, 11) is 0. The van der Waals surface area contributed by atoms with E-state index in [4.69, 9.17) is 9.84 Å². The molecule has 0 saturated carbocycles. The van der Waals surface area contributed by atoms with Crippen LogP contribution >= 0.6 is 0 Å². The Morgan fingerprint density at radius 1 is 1.06 bits per heavy atom. The van der Waals surface area contributed by atoms with Crippen molar-refractivity contribution in [2.24, 2.45) is 5.92 Å². The van der Waals surface area contributed by atoms with Crippen LogP contribution in [0.15, 0.2) is 48.5 Å². The van der Waals surface area contributed by atoms with Crippen molar-refractivity contribution in [1.82, 2.24) is 10.2 Å². The molecule has 0 aromatic heterocycles. The van der Waals surface area contributed by atoms with Gasteiger partial charge in [0.05, 0.1) is 6.54 Å². The lowest BCUT2D eigenvalue weighted by Crippen LogP contribution is -2.49. The van der Waals surface area contributed by atoms with Gasteiger partial charge in [-0.05, 0) is 22.3 Å². The van der Waals surface area contributed by atoms with E-state index in [0.717, 1.165) is 22.3 Å². The lowest BCUT2D eigenvalue weighted by molar-refractivity contribution is -0.151. The third-order valence-corrected chi connectivity index (χ3v) is 6.27. The number of amides is 2. The molecular formula is C24H22F4N2O5. The lowest BCUT2D eigenvalue weighted by Gasteiger charge is -2.24. The minimum Gasteiger partial charge on any atom is -0.481 e. The minimum absolute atomic E-state index is 0.141. The van der Waals surface area contributed by atoms with Crippen molar-refractivity contribution < 1.29 is 41.8 Å². The molecule has 2 unspecified atom stereocenters. The number of rotatable bonds is 7. The second-order valence-corrected chi connectivity index (χ2v) is 8.52. The van der Waals surface area contributed by atoms with Gasteiger partial charge in [-0.1, -0.05) is 48.5 Å². The molecule has 1 fully saturated rings. The monoisotopic (exact) mass is 494 g/mol. The molecule has 4 rings (SSSR count). The van der Waals surface area contributed by atoms with Crippen LogP contribution in [0.5, 0.6) is 0 Å². The molecule has 0 spiro atoms. The van der Waals surface area contributed by atoms with Crippen LogP contribution in [0.4, 0.5) is 22.4 Å². The fourth-order valence-corrected chi connectivity index (χ4v) is 4.61. The van der Waals surface area contributed by atoms with Gasteiger partial charge >= 0.3 is 12.1 Å². The van der Waals surface area contributed by atoms with Crippen LogP contribution in [-0.4, -0.2) is 66.1 Å². The number of likely N-dealkylation sites (tertiary alicyclic amines) is 1. The first kappa shape index (κ1) is 24.5. The second-order valence-electron chi connectivity index (χ2n) is 8.52. The van der Waals surface area contributed by atoms with E-state index in [0.29, 0.717) is 4.90 Å². The Bertz CT molecular complexity index is 1100. The van der Waals surface area contributed by atoms with E-state index in [1.165, 1.54) is 0 Å². The molecule has 1 saturated heterocycles. The smallest absolute Gasteiger partial charge is 0.407 e. The van der Waals surface area contributed by atoms with E-state index >= 15 is 0 Å². The number of aliphatic carboxylic acids is 1. The predicted molar refractivity (Wildman–Crippen MR) is 115 cm³/mol. The van der Waals surface area contributed by atoms with E-state index < -0.39 is 61.8 Å². The molecule has 0 bridgehead atoms. The van der Waals surface area contributed by atoms with Crippen molar-refractivity contribution in [3.63, 3.8) is 0 Å². The molecular weight excluding hydrogens is 472 g/mol. The van der Waals surface area contributed by atoms with Crippen molar-refractivity contribution in [3.8, 4) is 11.1 Å². The number of alkyl halides is 4. The maximum absolute atomic E-state index is 14.0. The number of hydrogen-bond donors (Lipinski definition) is 2. The molecule has 11 heteroatoms. The number of nitrogens with one attached hydrogen (secondary N) is 1. The zero-order valence-corrected chi connectivity index (χ0v) is 18.3. The third kappa shape index (κ3) is 4.94. The fraction of sp³-hybridized carbons (Fsp3) is 0.375. The number of alkyl carbamates (subject to hydrolysis) is 1. The molecule has 2 aromatic carbocycles. The van der Waals surface area contributed by atoms with Gasteiger partial charge in [-0.25, -0.2) is 22.4 Å². The second kappa shape index (κ2) is 9.55. The molecule has 2 aliphatic rings. The van der Waals surface area contributed by atoms with Gasteiger partial charge in [-0.2, -0.15) is 0 Å². The highest BCUT2D eigenvalue weighted by Gasteiger charge is 2.54. The van der Waals surface area contributed by atoms with Gasteiger partial charge in [0.2, 0.25) is 12.3 Å². The third-order valence-electron chi connectivity index (χ3n) is 6.27. The largest absolute Gasteiger partial charge is 0.481 e. The Labute approximate surface area is 197 Å². The quantitative estimate of drug-likeness (QED) is 0.572.